The molecule has 0 saturated heterocycles. The lowest BCUT2D eigenvalue weighted by Gasteiger charge is -2.20. The monoisotopic (exact) mass is 158 g/mol. The number of carbonyl (C=O) groups is 2. The molecule has 0 aromatic carbocycles. The summed E-state index contributed by atoms with van der Waals surface area (Å²) in [4.78, 5) is 20.3. The number of aliphatic carboxylic acids is 2. The van der Waals surface area contributed by atoms with E-state index in [9.17, 15) is 14.7 Å². The second-order valence-electron chi connectivity index (χ2n) is 2.10. The minimum absolute atomic E-state index is 0.772. The Morgan fingerprint density at radius 1 is 1.73 bits per heavy atom. The zero-order valence-electron chi connectivity index (χ0n) is 5.74. The molecule has 0 unspecified atom stereocenters. The van der Waals surface area contributed by atoms with Crippen LogP contribution in [0.3, 0.4) is 0 Å². The van der Waals surface area contributed by atoms with Gasteiger partial charge in [0.1, 0.15) is 5.54 Å². The van der Waals surface area contributed by atoms with Gasteiger partial charge in [0, 0.05) is 12.4 Å². The lowest BCUT2D eigenvalue weighted by Crippen LogP contribution is -2.50. The van der Waals surface area contributed by atoms with Gasteiger partial charge in [-0.15, -0.1) is 6.58 Å². The third-order valence-electron chi connectivity index (χ3n) is 1.20. The highest BCUT2D eigenvalue weighted by atomic mass is 16.4. The first kappa shape index (κ1) is 9.64. The fourth-order valence-corrected chi connectivity index (χ4v) is 0.474. The molecule has 0 aromatic heterocycles. The molecule has 0 spiro atoms. The van der Waals surface area contributed by atoms with Crippen LogP contribution in [-0.2, 0) is 9.59 Å². The summed E-state index contributed by atoms with van der Waals surface area (Å²) < 4.78 is 0. The average Bonchev–Trinajstić information content (AvgIpc) is 1.86. The topological polar surface area (TPSA) is 103 Å². The summed E-state index contributed by atoms with van der Waals surface area (Å²) in [5.74, 6) is -2.95. The van der Waals surface area contributed by atoms with Crippen molar-refractivity contribution in [3.8, 4) is 0 Å². The quantitative estimate of drug-likeness (QED) is 0.465. The first-order valence-corrected chi connectivity index (χ1v) is 2.78. The molecule has 0 fully saturated rings. The molecule has 3 N–H and O–H groups in total. The molecule has 0 bridgehead atoms. The predicted octanol–water partition coefficient (Wildman–Crippen LogP) is -1.91. The van der Waals surface area contributed by atoms with Crippen LogP contribution in [0.25, 0.3) is 0 Å². The van der Waals surface area contributed by atoms with Gasteiger partial charge in [-0.25, -0.2) is 4.79 Å². The zero-order valence-corrected chi connectivity index (χ0v) is 5.74. The molecular weight excluding hydrogens is 150 g/mol. The smallest absolute Gasteiger partial charge is 0.328 e. The third kappa shape index (κ3) is 2.38. The number of hydrogen-bond donors (Lipinski definition) is 2. The van der Waals surface area contributed by atoms with Gasteiger partial charge in [-0.3, -0.25) is 0 Å². The molecule has 1 atom stereocenters. The summed E-state index contributed by atoms with van der Waals surface area (Å²) in [5.41, 5.74) is 3.18. The molecule has 0 rings (SSSR count). The van der Waals surface area contributed by atoms with E-state index in [0.29, 0.717) is 0 Å². The largest absolute Gasteiger partial charge is 0.550 e. The van der Waals surface area contributed by atoms with Crippen LogP contribution in [-0.4, -0.2) is 22.6 Å². The molecule has 11 heavy (non-hydrogen) atoms. The molecule has 5 nitrogen and oxygen atoms in total. The fraction of sp³-hybridized carbons (Fsp3) is 0.333. The first-order chi connectivity index (χ1) is 4.92. The number of carboxylic acid groups (broad SMARTS) is 2. The summed E-state index contributed by atoms with van der Waals surface area (Å²) in [6.45, 7) is 3.11. The zero-order chi connectivity index (χ0) is 9.07. The van der Waals surface area contributed by atoms with E-state index in [1.165, 1.54) is 0 Å². The van der Waals surface area contributed by atoms with Gasteiger partial charge in [0.25, 0.3) is 0 Å². The SMILES string of the molecule is C=C[C@](N)(CC(=O)[O-])C(=O)O. The molecule has 0 amide bonds. The molecule has 0 aliphatic rings. The van der Waals surface area contributed by atoms with Gasteiger partial charge >= 0.3 is 5.97 Å². The molecule has 0 heterocycles. The van der Waals surface area contributed by atoms with Crippen molar-refractivity contribution < 1.29 is 19.8 Å². The maximum atomic E-state index is 10.3. The molecule has 62 valence electrons. The number of carboxylic acids is 2. The van der Waals surface area contributed by atoms with E-state index in [0.717, 1.165) is 6.08 Å². The molecule has 5 heteroatoms. The third-order valence-corrected chi connectivity index (χ3v) is 1.20. The lowest BCUT2D eigenvalue weighted by molar-refractivity contribution is -0.306. The Morgan fingerprint density at radius 3 is 2.27 bits per heavy atom. The van der Waals surface area contributed by atoms with Gasteiger partial charge in [0.15, 0.2) is 0 Å². The van der Waals surface area contributed by atoms with Crippen LogP contribution in [0, 0.1) is 0 Å². The van der Waals surface area contributed by atoms with Crippen molar-refractivity contribution in [1.82, 2.24) is 0 Å². The maximum absolute atomic E-state index is 10.3. The van der Waals surface area contributed by atoms with Crippen LogP contribution in [0.5, 0.6) is 0 Å². The van der Waals surface area contributed by atoms with Crippen LogP contribution in [0.2, 0.25) is 0 Å². The van der Waals surface area contributed by atoms with E-state index in [-0.39, 0.29) is 0 Å². The second kappa shape index (κ2) is 3.16. The summed E-state index contributed by atoms with van der Waals surface area (Å²) in [5, 5.41) is 18.4. The Balaban J connectivity index is 4.47. The minimum atomic E-state index is -1.92. The number of carbonyl (C=O) groups excluding carboxylic acids is 1. The van der Waals surface area contributed by atoms with Crippen molar-refractivity contribution in [3.63, 3.8) is 0 Å². The van der Waals surface area contributed by atoms with Gasteiger partial charge in [-0.05, 0) is 0 Å². The van der Waals surface area contributed by atoms with Crippen LogP contribution in [0.15, 0.2) is 12.7 Å². The van der Waals surface area contributed by atoms with Crippen LogP contribution < -0.4 is 10.8 Å². The van der Waals surface area contributed by atoms with Crippen molar-refractivity contribution in [2.45, 2.75) is 12.0 Å². The Labute approximate surface area is 63.1 Å². The number of hydrogen-bond acceptors (Lipinski definition) is 4. The number of rotatable bonds is 4. The summed E-state index contributed by atoms with van der Waals surface area (Å²) in [6.07, 6.45) is 0.0942. The van der Waals surface area contributed by atoms with E-state index in [1.54, 1.807) is 0 Å². The summed E-state index contributed by atoms with van der Waals surface area (Å²) >= 11 is 0. The van der Waals surface area contributed by atoms with Crippen molar-refractivity contribution in [3.05, 3.63) is 12.7 Å². The fourth-order valence-electron chi connectivity index (χ4n) is 0.474. The van der Waals surface area contributed by atoms with E-state index in [4.69, 9.17) is 10.8 Å². The highest BCUT2D eigenvalue weighted by Crippen LogP contribution is 2.06. The van der Waals surface area contributed by atoms with Crippen LogP contribution >= 0.6 is 0 Å². The maximum Gasteiger partial charge on any atom is 0.328 e. The van der Waals surface area contributed by atoms with E-state index < -0.39 is 23.9 Å². The average molecular weight is 158 g/mol. The van der Waals surface area contributed by atoms with E-state index >= 15 is 0 Å². The Kier molecular flexibility index (Phi) is 2.77. The summed E-state index contributed by atoms with van der Waals surface area (Å²) in [7, 11) is 0. The number of nitrogens with two attached hydrogens (primary N) is 1. The molecule has 0 saturated carbocycles. The van der Waals surface area contributed by atoms with Gasteiger partial charge in [0.05, 0.1) is 0 Å². The molecule has 0 aromatic rings. The highest BCUT2D eigenvalue weighted by molar-refractivity contribution is 5.86. The molecule has 0 radical (unpaired) electrons. The second-order valence-corrected chi connectivity index (χ2v) is 2.10. The minimum Gasteiger partial charge on any atom is -0.550 e. The van der Waals surface area contributed by atoms with Gasteiger partial charge in [0.2, 0.25) is 0 Å². The van der Waals surface area contributed by atoms with Crippen molar-refractivity contribution in [2.75, 3.05) is 0 Å². The first-order valence-electron chi connectivity index (χ1n) is 2.78. The van der Waals surface area contributed by atoms with Gasteiger partial charge in [-0.2, -0.15) is 0 Å². The van der Waals surface area contributed by atoms with Gasteiger partial charge in [-0.1, -0.05) is 6.08 Å². The standard InChI is InChI=1S/C6H9NO4/c1-2-6(7,5(10)11)3-4(8)9/h2H,1,3,7H2,(H,8,9)(H,10,11)/p-1/t6-/m0/s1. The Hall–Kier alpha value is -1.36. The molecule has 0 aliphatic carbocycles. The predicted molar refractivity (Wildman–Crippen MR) is 34.4 cm³/mol. The van der Waals surface area contributed by atoms with Crippen molar-refractivity contribution in [1.29, 1.82) is 0 Å². The van der Waals surface area contributed by atoms with Crippen molar-refractivity contribution >= 4 is 11.9 Å². The lowest BCUT2D eigenvalue weighted by atomic mass is 9.97. The van der Waals surface area contributed by atoms with Crippen molar-refractivity contribution in [2.24, 2.45) is 5.73 Å². The molecule has 0 aliphatic heterocycles. The Bertz CT molecular complexity index is 201. The van der Waals surface area contributed by atoms with E-state index in [2.05, 4.69) is 6.58 Å². The normalized spacial score (nSPS) is 15.0. The summed E-state index contributed by atoms with van der Waals surface area (Å²) in [6, 6.07) is 0. The highest BCUT2D eigenvalue weighted by Gasteiger charge is 2.30. The molecular formula is C6H8NO4-. The van der Waals surface area contributed by atoms with Crippen LogP contribution in [0.4, 0.5) is 0 Å². The van der Waals surface area contributed by atoms with Crippen LogP contribution in [0.1, 0.15) is 6.42 Å². The Morgan fingerprint density at radius 2 is 2.18 bits per heavy atom. The van der Waals surface area contributed by atoms with Gasteiger partial charge < -0.3 is 20.7 Å². The van der Waals surface area contributed by atoms with E-state index in [1.807, 2.05) is 0 Å².